The molecule has 4 rings (SSSR count). The average Bonchev–Trinajstić information content (AvgIpc) is 2.93. The van der Waals surface area contributed by atoms with Gasteiger partial charge >= 0.3 is 0 Å². The van der Waals surface area contributed by atoms with Gasteiger partial charge in [-0.05, 0) is 19.1 Å². The van der Waals surface area contributed by atoms with E-state index in [1.807, 2.05) is 25.1 Å². The molecule has 1 saturated heterocycles. The Morgan fingerprint density at radius 3 is 2.59 bits per heavy atom. The minimum Gasteiger partial charge on any atom is -0.379 e. The monoisotopic (exact) mass is 369 g/mol. The lowest BCUT2D eigenvalue weighted by Crippen LogP contribution is -2.43. The fourth-order valence-corrected chi connectivity index (χ4v) is 3.75. The summed E-state index contributed by atoms with van der Waals surface area (Å²) in [5.74, 6) is -0.509. The van der Waals surface area contributed by atoms with E-state index in [1.165, 1.54) is 4.90 Å². The summed E-state index contributed by atoms with van der Waals surface area (Å²) in [7, 11) is 1.56. The lowest BCUT2D eigenvalue weighted by Gasteiger charge is -2.27. The van der Waals surface area contributed by atoms with E-state index in [0.29, 0.717) is 48.6 Å². The van der Waals surface area contributed by atoms with Gasteiger partial charge in [0.15, 0.2) is 0 Å². The Hall–Kier alpha value is -2.35. The average molecular weight is 369 g/mol. The molecular weight excluding hydrogens is 346 g/mol. The number of pyridine rings is 1. The summed E-state index contributed by atoms with van der Waals surface area (Å²) >= 11 is 0. The van der Waals surface area contributed by atoms with Crippen molar-refractivity contribution in [3.63, 3.8) is 0 Å². The predicted molar refractivity (Wildman–Crippen MR) is 99.8 cm³/mol. The molecule has 0 saturated carbocycles. The van der Waals surface area contributed by atoms with E-state index in [2.05, 4.69) is 9.88 Å². The van der Waals surface area contributed by atoms with Crippen LogP contribution in [0.15, 0.2) is 18.2 Å². The standard InChI is InChI=1S/C20H23N3O4/c1-13-3-4-15-14(11-13)17-18(16(21-15)12-26-2)20(25)23(19(17)24)6-5-22-7-9-27-10-8-22/h3-4,11H,5-10,12H2,1-2H3. The summed E-state index contributed by atoms with van der Waals surface area (Å²) in [6.45, 7) is 6.20. The number of morpholine rings is 1. The van der Waals surface area contributed by atoms with Crippen LogP contribution in [-0.4, -0.2) is 73.1 Å². The third-order valence-electron chi connectivity index (χ3n) is 5.16. The van der Waals surface area contributed by atoms with E-state index in [9.17, 15) is 9.59 Å². The molecule has 7 heteroatoms. The first kappa shape index (κ1) is 18.0. The summed E-state index contributed by atoms with van der Waals surface area (Å²) in [5.41, 5.74) is 3.11. The molecule has 0 bridgehead atoms. The fourth-order valence-electron chi connectivity index (χ4n) is 3.75. The first-order valence-electron chi connectivity index (χ1n) is 9.18. The number of aromatic nitrogens is 1. The van der Waals surface area contributed by atoms with Gasteiger partial charge in [-0.25, -0.2) is 4.98 Å². The van der Waals surface area contributed by atoms with Gasteiger partial charge in [-0.15, -0.1) is 0 Å². The molecule has 1 aromatic heterocycles. The number of carbonyl (C=O) groups excluding carboxylic acids is 2. The molecule has 2 aliphatic heterocycles. The van der Waals surface area contributed by atoms with Crippen LogP contribution in [0.25, 0.3) is 10.9 Å². The summed E-state index contributed by atoms with van der Waals surface area (Å²) in [5, 5.41) is 0.733. The van der Waals surface area contributed by atoms with Gasteiger partial charge in [0.1, 0.15) is 0 Å². The molecule has 2 aliphatic rings. The Kier molecular flexibility index (Phi) is 4.90. The maximum atomic E-state index is 13.2. The van der Waals surface area contributed by atoms with Crippen LogP contribution in [0.3, 0.4) is 0 Å². The number of nitrogens with zero attached hydrogens (tertiary/aromatic N) is 3. The highest BCUT2D eigenvalue weighted by atomic mass is 16.5. The molecule has 0 atom stereocenters. The summed E-state index contributed by atoms with van der Waals surface area (Å²) in [6.07, 6.45) is 0. The molecule has 1 aromatic carbocycles. The SMILES string of the molecule is COCc1nc2ccc(C)cc2c2c1C(=O)N(CCN1CCOCC1)C2=O. The molecule has 0 unspecified atom stereocenters. The van der Waals surface area contributed by atoms with E-state index in [-0.39, 0.29) is 18.4 Å². The van der Waals surface area contributed by atoms with Gasteiger partial charge in [0.25, 0.3) is 11.8 Å². The molecule has 0 spiro atoms. The van der Waals surface area contributed by atoms with Gasteiger partial charge in [0, 0.05) is 38.7 Å². The third kappa shape index (κ3) is 3.22. The maximum absolute atomic E-state index is 13.2. The third-order valence-corrected chi connectivity index (χ3v) is 5.16. The molecule has 142 valence electrons. The molecule has 1 fully saturated rings. The molecule has 0 N–H and O–H groups in total. The number of hydrogen-bond donors (Lipinski definition) is 0. The molecule has 7 nitrogen and oxygen atoms in total. The largest absolute Gasteiger partial charge is 0.379 e. The molecule has 0 radical (unpaired) electrons. The molecule has 3 heterocycles. The number of fused-ring (bicyclic) bond motifs is 3. The van der Waals surface area contributed by atoms with Crippen LogP contribution < -0.4 is 0 Å². The second kappa shape index (κ2) is 7.34. The zero-order chi connectivity index (χ0) is 19.0. The normalized spacial score (nSPS) is 17.8. The van der Waals surface area contributed by atoms with Crippen molar-refractivity contribution in [3.05, 3.63) is 40.6 Å². The quantitative estimate of drug-likeness (QED) is 0.746. The first-order valence-corrected chi connectivity index (χ1v) is 9.18. The number of carbonyl (C=O) groups is 2. The second-order valence-corrected chi connectivity index (χ2v) is 6.98. The van der Waals surface area contributed by atoms with E-state index >= 15 is 0 Å². The Morgan fingerprint density at radius 1 is 1.11 bits per heavy atom. The number of benzene rings is 1. The van der Waals surface area contributed by atoms with Crippen molar-refractivity contribution in [2.24, 2.45) is 0 Å². The summed E-state index contributed by atoms with van der Waals surface area (Å²) in [6, 6.07) is 5.77. The minimum atomic E-state index is -0.272. The van der Waals surface area contributed by atoms with Gasteiger partial charge in [-0.2, -0.15) is 0 Å². The van der Waals surface area contributed by atoms with Crippen molar-refractivity contribution in [1.29, 1.82) is 0 Å². The van der Waals surface area contributed by atoms with Gasteiger partial charge in [0.2, 0.25) is 0 Å². The predicted octanol–water partition coefficient (Wildman–Crippen LogP) is 1.62. The van der Waals surface area contributed by atoms with Crippen molar-refractivity contribution in [2.45, 2.75) is 13.5 Å². The highest BCUT2D eigenvalue weighted by Gasteiger charge is 2.39. The Bertz CT molecular complexity index is 906. The zero-order valence-corrected chi connectivity index (χ0v) is 15.7. The number of rotatable bonds is 5. The Labute approximate surface area is 157 Å². The number of hydrogen-bond acceptors (Lipinski definition) is 6. The summed E-state index contributed by atoms with van der Waals surface area (Å²) in [4.78, 5) is 34.4. The number of methoxy groups -OCH3 is 1. The second-order valence-electron chi connectivity index (χ2n) is 6.98. The first-order chi connectivity index (χ1) is 13.1. The zero-order valence-electron chi connectivity index (χ0n) is 15.7. The smallest absolute Gasteiger partial charge is 0.263 e. The topological polar surface area (TPSA) is 72.0 Å². The van der Waals surface area contributed by atoms with Crippen LogP contribution in [0.4, 0.5) is 0 Å². The number of aryl methyl sites for hydroxylation is 1. The van der Waals surface area contributed by atoms with Crippen LogP contribution in [0, 0.1) is 6.92 Å². The van der Waals surface area contributed by atoms with Crippen LogP contribution in [0.5, 0.6) is 0 Å². The van der Waals surface area contributed by atoms with Crippen molar-refractivity contribution >= 4 is 22.7 Å². The lowest BCUT2D eigenvalue weighted by molar-refractivity contribution is 0.0325. The molecular formula is C20H23N3O4. The fraction of sp³-hybridized carbons (Fsp3) is 0.450. The number of ether oxygens (including phenoxy) is 2. The highest BCUT2D eigenvalue weighted by Crippen LogP contribution is 2.32. The Morgan fingerprint density at radius 2 is 1.85 bits per heavy atom. The highest BCUT2D eigenvalue weighted by molar-refractivity contribution is 6.26. The van der Waals surface area contributed by atoms with Gasteiger partial charge in [0.05, 0.1) is 42.2 Å². The van der Waals surface area contributed by atoms with Gasteiger partial charge < -0.3 is 9.47 Å². The van der Waals surface area contributed by atoms with Crippen LogP contribution >= 0.6 is 0 Å². The van der Waals surface area contributed by atoms with Crippen molar-refractivity contribution in [2.75, 3.05) is 46.5 Å². The Balaban J connectivity index is 1.71. The molecule has 0 aliphatic carbocycles. The van der Waals surface area contributed by atoms with Crippen molar-refractivity contribution in [1.82, 2.24) is 14.8 Å². The van der Waals surface area contributed by atoms with Crippen molar-refractivity contribution in [3.8, 4) is 0 Å². The molecule has 2 aromatic rings. The maximum Gasteiger partial charge on any atom is 0.263 e. The number of imide groups is 1. The van der Waals surface area contributed by atoms with E-state index in [1.54, 1.807) is 7.11 Å². The van der Waals surface area contributed by atoms with E-state index < -0.39 is 0 Å². The minimum absolute atomic E-state index is 0.197. The lowest BCUT2D eigenvalue weighted by atomic mass is 10.0. The summed E-state index contributed by atoms with van der Waals surface area (Å²) < 4.78 is 10.6. The van der Waals surface area contributed by atoms with Crippen LogP contribution in [0.1, 0.15) is 32.0 Å². The van der Waals surface area contributed by atoms with E-state index in [4.69, 9.17) is 9.47 Å². The van der Waals surface area contributed by atoms with Gasteiger partial charge in [-0.1, -0.05) is 11.6 Å². The van der Waals surface area contributed by atoms with Gasteiger partial charge in [-0.3, -0.25) is 19.4 Å². The molecule has 2 amide bonds. The van der Waals surface area contributed by atoms with Crippen LogP contribution in [-0.2, 0) is 16.1 Å². The van der Waals surface area contributed by atoms with E-state index in [0.717, 1.165) is 24.0 Å². The number of amides is 2. The van der Waals surface area contributed by atoms with Crippen molar-refractivity contribution < 1.29 is 19.1 Å². The molecule has 27 heavy (non-hydrogen) atoms. The van der Waals surface area contributed by atoms with Crippen LogP contribution in [0.2, 0.25) is 0 Å².